The van der Waals surface area contributed by atoms with Crippen LogP contribution in [0.5, 0.6) is 0 Å². The molecular weight excluding hydrogens is 420 g/mol. The van der Waals surface area contributed by atoms with E-state index in [0.717, 1.165) is 58.5 Å². The predicted octanol–water partition coefficient (Wildman–Crippen LogP) is 4.53. The number of hydrogen-bond acceptors (Lipinski definition) is 3. The summed E-state index contributed by atoms with van der Waals surface area (Å²) in [5.41, 5.74) is 5.11. The molecule has 0 atom stereocenters. The van der Waals surface area contributed by atoms with Crippen molar-refractivity contribution in [3.05, 3.63) is 71.4 Å². The molecule has 1 amide bonds. The highest BCUT2D eigenvalue weighted by atomic mass is 16.2. The molecule has 1 spiro atoms. The number of carbonyl (C=O) groups excluding carboxylic acids is 1. The van der Waals surface area contributed by atoms with Crippen LogP contribution in [0, 0.1) is 0 Å². The van der Waals surface area contributed by atoms with Crippen molar-refractivity contribution in [2.45, 2.75) is 50.6 Å². The Labute approximate surface area is 202 Å². The van der Waals surface area contributed by atoms with E-state index in [2.05, 4.69) is 74.3 Å². The highest BCUT2D eigenvalue weighted by Crippen LogP contribution is 2.45. The first-order valence-corrected chi connectivity index (χ1v) is 13.1. The van der Waals surface area contributed by atoms with Crippen molar-refractivity contribution < 1.29 is 4.79 Å². The van der Waals surface area contributed by atoms with Gasteiger partial charge >= 0.3 is 0 Å². The Morgan fingerprint density at radius 3 is 2.35 bits per heavy atom. The normalized spacial score (nSPS) is 21.1. The number of rotatable bonds is 4. The zero-order valence-corrected chi connectivity index (χ0v) is 20.1. The monoisotopic (exact) mass is 456 g/mol. The average molecular weight is 457 g/mol. The Balaban J connectivity index is 1.30. The number of fused-ring (bicyclic) bond motifs is 4. The molecule has 0 bridgehead atoms. The molecule has 2 fully saturated rings. The summed E-state index contributed by atoms with van der Waals surface area (Å²) in [6.07, 6.45) is 6.67. The fourth-order valence-electron chi connectivity index (χ4n) is 6.63. The van der Waals surface area contributed by atoms with Crippen LogP contribution in [0.3, 0.4) is 0 Å². The smallest absolute Gasteiger partial charge is 0.237 e. The van der Waals surface area contributed by atoms with E-state index in [1.54, 1.807) is 0 Å². The lowest BCUT2D eigenvalue weighted by molar-refractivity contribution is -0.143. The van der Waals surface area contributed by atoms with E-state index in [1.165, 1.54) is 47.0 Å². The summed E-state index contributed by atoms with van der Waals surface area (Å²) >= 11 is 0. The molecular formula is C29H36N4O. The van der Waals surface area contributed by atoms with E-state index in [-0.39, 0.29) is 5.54 Å². The number of aromatic amines is 1. The Kier molecular flexibility index (Phi) is 5.92. The lowest BCUT2D eigenvalue weighted by Gasteiger charge is -2.51. The molecule has 2 saturated heterocycles. The van der Waals surface area contributed by atoms with Crippen molar-refractivity contribution >= 4 is 16.8 Å². The van der Waals surface area contributed by atoms with E-state index < -0.39 is 0 Å². The zero-order chi connectivity index (χ0) is 23.0. The second-order valence-corrected chi connectivity index (χ2v) is 10.4. The van der Waals surface area contributed by atoms with Gasteiger partial charge in [-0.1, -0.05) is 55.0 Å². The summed E-state index contributed by atoms with van der Waals surface area (Å²) in [7, 11) is 0. The number of benzene rings is 2. The quantitative estimate of drug-likeness (QED) is 0.627. The number of para-hydroxylation sites is 1. The average Bonchev–Trinajstić information content (AvgIpc) is 3.27. The van der Waals surface area contributed by atoms with E-state index >= 15 is 0 Å². The molecule has 4 heterocycles. The largest absolute Gasteiger partial charge is 0.356 e. The standard InChI is InChI=1S/C29H36N4O/c34-27(22-31-16-7-2-8-17-31)33-18-13-25-24-11-5-6-12-26(24)30-28(25)29(33)14-19-32(20-15-29)21-23-9-3-1-4-10-23/h1,3-6,9-12,30H,2,7-8,13-22H2. The van der Waals surface area contributed by atoms with Crippen LogP contribution in [-0.2, 0) is 23.3 Å². The van der Waals surface area contributed by atoms with Crippen LogP contribution < -0.4 is 0 Å². The summed E-state index contributed by atoms with van der Waals surface area (Å²) in [6.45, 7) is 6.54. The Morgan fingerprint density at radius 2 is 1.56 bits per heavy atom. The molecule has 6 rings (SSSR count). The molecule has 0 radical (unpaired) electrons. The predicted molar refractivity (Wildman–Crippen MR) is 137 cm³/mol. The molecule has 2 aromatic carbocycles. The summed E-state index contributed by atoms with van der Waals surface area (Å²) in [5, 5.41) is 1.34. The fraction of sp³-hybridized carbons (Fsp3) is 0.483. The maximum absolute atomic E-state index is 13.8. The summed E-state index contributed by atoms with van der Waals surface area (Å²) in [4.78, 5) is 24.8. The number of nitrogens with zero attached hydrogens (tertiary/aromatic N) is 3. The lowest BCUT2D eigenvalue weighted by atomic mass is 9.77. The van der Waals surface area contributed by atoms with Gasteiger partial charge in [0.15, 0.2) is 0 Å². The molecule has 3 aromatic rings. The van der Waals surface area contributed by atoms with Crippen LogP contribution >= 0.6 is 0 Å². The van der Waals surface area contributed by atoms with Gasteiger partial charge in [-0.15, -0.1) is 0 Å². The van der Waals surface area contributed by atoms with E-state index in [4.69, 9.17) is 0 Å². The Hall–Kier alpha value is -2.63. The topological polar surface area (TPSA) is 42.6 Å². The number of carbonyl (C=O) groups is 1. The number of H-pyrrole nitrogens is 1. The second kappa shape index (κ2) is 9.20. The highest BCUT2D eigenvalue weighted by Gasteiger charge is 2.48. The van der Waals surface area contributed by atoms with Crippen LogP contribution in [0.15, 0.2) is 54.6 Å². The van der Waals surface area contributed by atoms with Crippen LogP contribution in [0.1, 0.15) is 48.9 Å². The molecule has 1 aromatic heterocycles. The van der Waals surface area contributed by atoms with Gasteiger partial charge in [0, 0.05) is 42.8 Å². The van der Waals surface area contributed by atoms with E-state index in [1.807, 2.05) is 0 Å². The van der Waals surface area contributed by atoms with Crippen molar-refractivity contribution in [1.82, 2.24) is 19.7 Å². The van der Waals surface area contributed by atoms with Crippen LogP contribution in [0.4, 0.5) is 0 Å². The zero-order valence-electron chi connectivity index (χ0n) is 20.1. The minimum atomic E-state index is -0.216. The van der Waals surface area contributed by atoms with Crippen molar-refractivity contribution in [1.29, 1.82) is 0 Å². The first-order valence-electron chi connectivity index (χ1n) is 13.1. The molecule has 0 saturated carbocycles. The Morgan fingerprint density at radius 1 is 0.824 bits per heavy atom. The first-order chi connectivity index (χ1) is 16.7. The van der Waals surface area contributed by atoms with E-state index in [0.29, 0.717) is 12.5 Å². The first kappa shape index (κ1) is 21.9. The van der Waals surface area contributed by atoms with Gasteiger partial charge in [-0.2, -0.15) is 0 Å². The molecule has 0 aliphatic carbocycles. The minimum absolute atomic E-state index is 0.216. The molecule has 3 aliphatic heterocycles. The van der Waals surface area contributed by atoms with Gasteiger partial charge in [-0.05, 0) is 62.4 Å². The fourth-order valence-corrected chi connectivity index (χ4v) is 6.63. The lowest BCUT2D eigenvalue weighted by Crippen LogP contribution is -2.59. The molecule has 34 heavy (non-hydrogen) atoms. The molecule has 3 aliphatic rings. The van der Waals surface area contributed by atoms with Gasteiger partial charge in [0.2, 0.25) is 5.91 Å². The summed E-state index contributed by atoms with van der Waals surface area (Å²) < 4.78 is 0. The van der Waals surface area contributed by atoms with Crippen molar-refractivity contribution in [3.63, 3.8) is 0 Å². The highest BCUT2D eigenvalue weighted by molar-refractivity contribution is 5.87. The van der Waals surface area contributed by atoms with Gasteiger partial charge in [-0.3, -0.25) is 14.6 Å². The third-order valence-corrected chi connectivity index (χ3v) is 8.42. The molecule has 5 heteroatoms. The summed E-state index contributed by atoms with van der Waals surface area (Å²) in [6, 6.07) is 19.4. The van der Waals surface area contributed by atoms with Crippen molar-refractivity contribution in [2.24, 2.45) is 0 Å². The number of amides is 1. The number of nitrogens with one attached hydrogen (secondary N) is 1. The maximum Gasteiger partial charge on any atom is 0.237 e. The second-order valence-electron chi connectivity index (χ2n) is 10.4. The van der Waals surface area contributed by atoms with Gasteiger partial charge in [-0.25, -0.2) is 0 Å². The molecule has 5 nitrogen and oxygen atoms in total. The molecule has 1 N–H and O–H groups in total. The van der Waals surface area contributed by atoms with E-state index in [9.17, 15) is 4.79 Å². The Bertz CT molecular complexity index is 1140. The van der Waals surface area contributed by atoms with Gasteiger partial charge < -0.3 is 9.88 Å². The maximum atomic E-state index is 13.8. The molecule has 178 valence electrons. The third-order valence-electron chi connectivity index (χ3n) is 8.42. The SMILES string of the molecule is O=C(CN1CCCCC1)N1CCc2c([nH]c3ccccc23)C12CCN(Cc1ccccc1)CC2. The van der Waals surface area contributed by atoms with Gasteiger partial charge in [0.05, 0.1) is 12.1 Å². The van der Waals surface area contributed by atoms with Crippen LogP contribution in [-0.4, -0.2) is 64.9 Å². The number of piperidine rings is 2. The third kappa shape index (κ3) is 3.95. The van der Waals surface area contributed by atoms with Crippen molar-refractivity contribution in [3.8, 4) is 0 Å². The summed E-state index contributed by atoms with van der Waals surface area (Å²) in [5.74, 6) is 0.322. The number of aromatic nitrogens is 1. The number of likely N-dealkylation sites (tertiary alicyclic amines) is 2. The number of hydrogen-bond donors (Lipinski definition) is 1. The van der Waals surface area contributed by atoms with Crippen LogP contribution in [0.2, 0.25) is 0 Å². The van der Waals surface area contributed by atoms with Crippen molar-refractivity contribution in [2.75, 3.05) is 39.3 Å². The van der Waals surface area contributed by atoms with Gasteiger partial charge in [0.1, 0.15) is 0 Å². The van der Waals surface area contributed by atoms with Crippen LogP contribution in [0.25, 0.3) is 10.9 Å². The molecule has 0 unspecified atom stereocenters. The minimum Gasteiger partial charge on any atom is -0.356 e. The van der Waals surface area contributed by atoms with Gasteiger partial charge in [0.25, 0.3) is 0 Å².